The van der Waals surface area contributed by atoms with Crippen molar-refractivity contribution in [1.29, 1.82) is 0 Å². The smallest absolute Gasteiger partial charge is 0.122 e. The second-order valence-corrected chi connectivity index (χ2v) is 5.50. The highest BCUT2D eigenvalue weighted by Gasteiger charge is 2.12. The van der Waals surface area contributed by atoms with Crippen LogP contribution in [-0.2, 0) is 12.8 Å². The highest BCUT2D eigenvalue weighted by atomic mass is 79.9. The van der Waals surface area contributed by atoms with Crippen LogP contribution in [0, 0.1) is 0 Å². The minimum atomic E-state index is 0.139. The van der Waals surface area contributed by atoms with Gasteiger partial charge in [-0.1, -0.05) is 15.9 Å². The molecule has 2 aromatic rings. The quantitative estimate of drug-likeness (QED) is 0.628. The molecule has 0 bridgehead atoms. The van der Waals surface area contributed by atoms with Crippen molar-refractivity contribution in [3.8, 4) is 5.75 Å². The minimum absolute atomic E-state index is 0.139. The van der Waals surface area contributed by atoms with Gasteiger partial charge in [-0.3, -0.25) is 16.3 Å². The van der Waals surface area contributed by atoms with Crippen molar-refractivity contribution in [3.63, 3.8) is 0 Å². The summed E-state index contributed by atoms with van der Waals surface area (Å²) in [4.78, 5) is 4.02. The van der Waals surface area contributed by atoms with E-state index in [-0.39, 0.29) is 6.04 Å². The van der Waals surface area contributed by atoms with Crippen LogP contribution in [0.4, 0.5) is 0 Å². The molecular formula is C15H18BrN3O. The van der Waals surface area contributed by atoms with E-state index < -0.39 is 0 Å². The third kappa shape index (κ3) is 4.03. The van der Waals surface area contributed by atoms with E-state index in [0.29, 0.717) is 0 Å². The summed E-state index contributed by atoms with van der Waals surface area (Å²) in [5, 5.41) is 0. The predicted octanol–water partition coefficient (Wildman–Crippen LogP) is 2.47. The summed E-state index contributed by atoms with van der Waals surface area (Å²) in [6, 6.07) is 10.1. The van der Waals surface area contributed by atoms with Crippen LogP contribution in [0.5, 0.6) is 5.75 Å². The molecule has 1 heterocycles. The summed E-state index contributed by atoms with van der Waals surface area (Å²) in [5.74, 6) is 6.56. The van der Waals surface area contributed by atoms with E-state index in [1.165, 1.54) is 5.56 Å². The summed E-state index contributed by atoms with van der Waals surface area (Å²) >= 11 is 3.49. The minimum Gasteiger partial charge on any atom is -0.496 e. The van der Waals surface area contributed by atoms with Gasteiger partial charge < -0.3 is 4.74 Å². The average Bonchev–Trinajstić information content (AvgIpc) is 2.48. The number of nitrogens with two attached hydrogens (primary N) is 1. The number of nitrogens with zero attached hydrogens (tertiary/aromatic N) is 1. The third-order valence-electron chi connectivity index (χ3n) is 3.18. The standard InChI is InChI=1S/C15H18BrN3O/c1-20-15-3-2-13(16)9-12(15)10-14(19-17)8-11-4-6-18-7-5-11/h2-7,9,14,19H,8,10,17H2,1H3. The van der Waals surface area contributed by atoms with Crippen molar-refractivity contribution in [2.75, 3.05) is 7.11 Å². The number of hydrogen-bond acceptors (Lipinski definition) is 4. The lowest BCUT2D eigenvalue weighted by molar-refractivity contribution is 0.404. The first kappa shape index (κ1) is 15.0. The van der Waals surface area contributed by atoms with Gasteiger partial charge in [-0.05, 0) is 54.3 Å². The summed E-state index contributed by atoms with van der Waals surface area (Å²) in [7, 11) is 1.68. The summed E-state index contributed by atoms with van der Waals surface area (Å²) in [6.45, 7) is 0. The molecule has 0 radical (unpaired) electrons. The number of halogens is 1. The monoisotopic (exact) mass is 335 g/mol. The molecule has 0 saturated heterocycles. The Labute approximate surface area is 127 Å². The van der Waals surface area contributed by atoms with Gasteiger partial charge in [0.2, 0.25) is 0 Å². The number of ether oxygens (including phenoxy) is 1. The lowest BCUT2D eigenvalue weighted by Crippen LogP contribution is -2.38. The molecule has 0 aliphatic heterocycles. The first-order valence-electron chi connectivity index (χ1n) is 6.40. The lowest BCUT2D eigenvalue weighted by Gasteiger charge is -2.18. The first-order valence-corrected chi connectivity index (χ1v) is 7.19. The number of hydrazine groups is 1. The highest BCUT2D eigenvalue weighted by molar-refractivity contribution is 9.10. The van der Waals surface area contributed by atoms with Crippen LogP contribution >= 0.6 is 15.9 Å². The zero-order chi connectivity index (χ0) is 14.4. The van der Waals surface area contributed by atoms with Gasteiger partial charge in [-0.2, -0.15) is 0 Å². The van der Waals surface area contributed by atoms with Crippen LogP contribution < -0.4 is 16.0 Å². The molecule has 4 nitrogen and oxygen atoms in total. The van der Waals surface area contributed by atoms with Gasteiger partial charge in [-0.25, -0.2) is 0 Å². The summed E-state index contributed by atoms with van der Waals surface area (Å²) in [5.41, 5.74) is 5.21. The molecule has 0 amide bonds. The van der Waals surface area contributed by atoms with Gasteiger partial charge in [0.05, 0.1) is 7.11 Å². The third-order valence-corrected chi connectivity index (χ3v) is 3.67. The molecule has 20 heavy (non-hydrogen) atoms. The Morgan fingerprint density at radius 1 is 1.25 bits per heavy atom. The fraction of sp³-hybridized carbons (Fsp3) is 0.267. The highest BCUT2D eigenvalue weighted by Crippen LogP contribution is 2.24. The van der Waals surface area contributed by atoms with Crippen molar-refractivity contribution in [3.05, 3.63) is 58.3 Å². The molecule has 0 aliphatic rings. The SMILES string of the molecule is COc1ccc(Br)cc1CC(Cc1ccncc1)NN. The van der Waals surface area contributed by atoms with Crippen molar-refractivity contribution in [1.82, 2.24) is 10.4 Å². The predicted molar refractivity (Wildman–Crippen MR) is 83.5 cm³/mol. The van der Waals surface area contributed by atoms with Gasteiger partial charge in [0.25, 0.3) is 0 Å². The largest absolute Gasteiger partial charge is 0.496 e. The molecule has 5 heteroatoms. The number of aromatic nitrogens is 1. The van der Waals surface area contributed by atoms with Crippen molar-refractivity contribution in [2.45, 2.75) is 18.9 Å². The Bertz CT molecular complexity index is 548. The van der Waals surface area contributed by atoms with E-state index in [4.69, 9.17) is 10.6 Å². The fourth-order valence-corrected chi connectivity index (χ4v) is 2.57. The Morgan fingerprint density at radius 2 is 2.00 bits per heavy atom. The average molecular weight is 336 g/mol. The van der Waals surface area contributed by atoms with Crippen LogP contribution in [0.1, 0.15) is 11.1 Å². The molecule has 3 N–H and O–H groups in total. The fourth-order valence-electron chi connectivity index (χ4n) is 2.17. The molecular weight excluding hydrogens is 318 g/mol. The van der Waals surface area contributed by atoms with E-state index in [1.807, 2.05) is 24.3 Å². The molecule has 0 fully saturated rings. The van der Waals surface area contributed by atoms with Gasteiger partial charge in [0.15, 0.2) is 0 Å². The van der Waals surface area contributed by atoms with Crippen LogP contribution in [0.3, 0.4) is 0 Å². The second-order valence-electron chi connectivity index (χ2n) is 4.58. The topological polar surface area (TPSA) is 60.2 Å². The maximum Gasteiger partial charge on any atom is 0.122 e. The van der Waals surface area contributed by atoms with Crippen LogP contribution in [0.25, 0.3) is 0 Å². The number of pyridine rings is 1. The van der Waals surface area contributed by atoms with E-state index in [9.17, 15) is 0 Å². The molecule has 0 saturated carbocycles. The molecule has 1 aromatic heterocycles. The van der Waals surface area contributed by atoms with Crippen molar-refractivity contribution >= 4 is 15.9 Å². The van der Waals surface area contributed by atoms with E-state index >= 15 is 0 Å². The number of nitrogens with one attached hydrogen (secondary N) is 1. The van der Waals surface area contributed by atoms with Crippen molar-refractivity contribution in [2.24, 2.45) is 5.84 Å². The summed E-state index contributed by atoms with van der Waals surface area (Å²) < 4.78 is 6.43. The normalized spacial score (nSPS) is 12.2. The molecule has 1 atom stereocenters. The number of hydrogen-bond donors (Lipinski definition) is 2. The van der Waals surface area contributed by atoms with Crippen LogP contribution in [0.15, 0.2) is 47.2 Å². The Kier molecular flexibility index (Phi) is 5.52. The zero-order valence-electron chi connectivity index (χ0n) is 11.3. The Balaban J connectivity index is 2.12. The zero-order valence-corrected chi connectivity index (χ0v) is 12.9. The van der Waals surface area contributed by atoms with Crippen molar-refractivity contribution < 1.29 is 4.74 Å². The van der Waals surface area contributed by atoms with Crippen LogP contribution in [-0.4, -0.2) is 18.1 Å². The molecule has 1 aromatic carbocycles. The van der Waals surface area contributed by atoms with E-state index in [2.05, 4.69) is 32.4 Å². The van der Waals surface area contributed by atoms with Gasteiger partial charge in [0.1, 0.15) is 5.75 Å². The maximum absolute atomic E-state index is 5.68. The molecule has 2 rings (SSSR count). The molecule has 0 aliphatic carbocycles. The maximum atomic E-state index is 5.68. The van der Waals surface area contributed by atoms with E-state index in [0.717, 1.165) is 28.6 Å². The lowest BCUT2D eigenvalue weighted by atomic mass is 9.99. The number of benzene rings is 1. The molecule has 1 unspecified atom stereocenters. The molecule has 0 spiro atoms. The summed E-state index contributed by atoms with van der Waals surface area (Å²) in [6.07, 6.45) is 5.22. The number of methoxy groups -OCH3 is 1. The van der Waals surface area contributed by atoms with Gasteiger partial charge in [-0.15, -0.1) is 0 Å². The Hall–Kier alpha value is -1.43. The van der Waals surface area contributed by atoms with Crippen LogP contribution in [0.2, 0.25) is 0 Å². The first-order chi connectivity index (χ1) is 9.72. The van der Waals surface area contributed by atoms with Gasteiger partial charge in [0, 0.05) is 22.9 Å². The second kappa shape index (κ2) is 7.38. The van der Waals surface area contributed by atoms with Gasteiger partial charge >= 0.3 is 0 Å². The molecule has 106 valence electrons. The van der Waals surface area contributed by atoms with E-state index in [1.54, 1.807) is 19.5 Å². The number of rotatable bonds is 6. The Morgan fingerprint density at radius 3 is 2.65 bits per heavy atom.